The van der Waals surface area contributed by atoms with E-state index >= 15 is 0 Å². The van der Waals surface area contributed by atoms with Crippen molar-refractivity contribution in [3.05, 3.63) is 35.4 Å². The van der Waals surface area contributed by atoms with Crippen LogP contribution < -0.4 is 0 Å². The molecule has 0 amide bonds. The molecular formula is C17H27F. The third-order valence-electron chi connectivity index (χ3n) is 3.80. The summed E-state index contributed by atoms with van der Waals surface area (Å²) in [6.07, 6.45) is 4.44. The van der Waals surface area contributed by atoms with E-state index < -0.39 is 5.67 Å². The number of hydrogen-bond acceptors (Lipinski definition) is 0. The Morgan fingerprint density at radius 1 is 1.11 bits per heavy atom. The van der Waals surface area contributed by atoms with Gasteiger partial charge in [-0.2, -0.15) is 0 Å². The van der Waals surface area contributed by atoms with E-state index in [2.05, 4.69) is 38.1 Å². The molecule has 18 heavy (non-hydrogen) atoms. The Labute approximate surface area is 112 Å². The summed E-state index contributed by atoms with van der Waals surface area (Å²) in [6.45, 7) is 8.05. The molecule has 0 saturated carbocycles. The highest BCUT2D eigenvalue weighted by atomic mass is 19.1. The Hall–Kier alpha value is -0.850. The highest BCUT2D eigenvalue weighted by Crippen LogP contribution is 2.23. The molecule has 0 bridgehead atoms. The van der Waals surface area contributed by atoms with Crippen molar-refractivity contribution in [3.63, 3.8) is 0 Å². The number of hydrogen-bond donors (Lipinski definition) is 0. The van der Waals surface area contributed by atoms with Crippen molar-refractivity contribution >= 4 is 0 Å². The topological polar surface area (TPSA) is 0 Å². The normalized spacial score (nSPS) is 14.8. The second kappa shape index (κ2) is 6.92. The van der Waals surface area contributed by atoms with Crippen LogP contribution in [0.4, 0.5) is 4.39 Å². The summed E-state index contributed by atoms with van der Waals surface area (Å²) in [4.78, 5) is 0. The molecule has 0 spiro atoms. The molecule has 1 rings (SSSR count). The van der Waals surface area contributed by atoms with Crippen LogP contribution in [0.5, 0.6) is 0 Å². The van der Waals surface area contributed by atoms with Crippen LogP contribution in [-0.2, 0) is 6.42 Å². The standard InChI is InChI=1S/C17H27F/c1-5-17(4,18)13-7-6-8-15-9-11-16(12-10-15)14(2)3/h9-12,14H,5-8,13H2,1-4H3. The molecule has 1 aromatic rings. The van der Waals surface area contributed by atoms with Gasteiger partial charge >= 0.3 is 0 Å². The van der Waals surface area contributed by atoms with Crippen molar-refractivity contribution in [2.75, 3.05) is 0 Å². The second-order valence-corrected chi connectivity index (χ2v) is 5.87. The summed E-state index contributed by atoms with van der Waals surface area (Å²) in [6, 6.07) is 8.85. The van der Waals surface area contributed by atoms with Crippen molar-refractivity contribution in [1.29, 1.82) is 0 Å². The molecule has 0 saturated heterocycles. The van der Waals surface area contributed by atoms with Crippen LogP contribution in [0.1, 0.15) is 70.4 Å². The number of alkyl halides is 1. The van der Waals surface area contributed by atoms with E-state index in [1.54, 1.807) is 6.92 Å². The van der Waals surface area contributed by atoms with Crippen LogP contribution in [0.15, 0.2) is 24.3 Å². The van der Waals surface area contributed by atoms with Gasteiger partial charge in [-0.15, -0.1) is 0 Å². The molecular weight excluding hydrogens is 223 g/mol. The van der Waals surface area contributed by atoms with Gasteiger partial charge in [0.05, 0.1) is 0 Å². The van der Waals surface area contributed by atoms with E-state index in [1.165, 1.54) is 11.1 Å². The van der Waals surface area contributed by atoms with E-state index in [0.717, 1.165) is 19.3 Å². The number of benzene rings is 1. The summed E-state index contributed by atoms with van der Waals surface area (Å²) in [5.41, 5.74) is 1.79. The van der Waals surface area contributed by atoms with Crippen molar-refractivity contribution in [2.45, 2.75) is 71.4 Å². The van der Waals surface area contributed by atoms with Crippen LogP contribution in [0.2, 0.25) is 0 Å². The lowest BCUT2D eigenvalue weighted by atomic mass is 9.95. The van der Waals surface area contributed by atoms with E-state index in [9.17, 15) is 4.39 Å². The zero-order valence-electron chi connectivity index (χ0n) is 12.3. The summed E-state index contributed by atoms with van der Waals surface area (Å²) >= 11 is 0. The first kappa shape index (κ1) is 15.2. The first-order valence-corrected chi connectivity index (χ1v) is 7.22. The first-order chi connectivity index (χ1) is 8.44. The van der Waals surface area contributed by atoms with E-state index in [-0.39, 0.29) is 0 Å². The van der Waals surface area contributed by atoms with E-state index in [1.807, 2.05) is 6.92 Å². The minimum Gasteiger partial charge on any atom is -0.244 e. The molecule has 0 fully saturated rings. The Balaban J connectivity index is 2.32. The maximum absolute atomic E-state index is 13.7. The smallest absolute Gasteiger partial charge is 0.108 e. The molecule has 0 aliphatic rings. The van der Waals surface area contributed by atoms with Gasteiger partial charge in [-0.3, -0.25) is 0 Å². The second-order valence-electron chi connectivity index (χ2n) is 5.87. The molecule has 0 aliphatic heterocycles. The minimum absolute atomic E-state index is 0.593. The molecule has 0 heterocycles. The van der Waals surface area contributed by atoms with Crippen molar-refractivity contribution < 1.29 is 4.39 Å². The van der Waals surface area contributed by atoms with E-state index in [4.69, 9.17) is 0 Å². The quantitative estimate of drug-likeness (QED) is 0.548. The molecule has 1 unspecified atom stereocenters. The average Bonchev–Trinajstić information content (AvgIpc) is 2.35. The fourth-order valence-electron chi connectivity index (χ4n) is 2.07. The maximum atomic E-state index is 13.7. The summed E-state index contributed by atoms with van der Waals surface area (Å²) in [5, 5.41) is 0. The average molecular weight is 250 g/mol. The summed E-state index contributed by atoms with van der Waals surface area (Å²) in [5.74, 6) is 0.593. The van der Waals surface area contributed by atoms with Crippen LogP contribution in [0.3, 0.4) is 0 Å². The van der Waals surface area contributed by atoms with Crippen molar-refractivity contribution in [1.82, 2.24) is 0 Å². The lowest BCUT2D eigenvalue weighted by molar-refractivity contribution is 0.164. The monoisotopic (exact) mass is 250 g/mol. The fourth-order valence-corrected chi connectivity index (χ4v) is 2.07. The molecule has 0 N–H and O–H groups in total. The van der Waals surface area contributed by atoms with Gasteiger partial charge in [0.1, 0.15) is 5.67 Å². The predicted molar refractivity (Wildman–Crippen MR) is 77.9 cm³/mol. The SMILES string of the molecule is CCC(C)(F)CCCCc1ccc(C(C)C)cc1. The van der Waals surface area contributed by atoms with Gasteiger partial charge in [-0.05, 0) is 56.1 Å². The number of unbranched alkanes of at least 4 members (excludes halogenated alkanes) is 1. The zero-order chi connectivity index (χ0) is 13.6. The zero-order valence-corrected chi connectivity index (χ0v) is 12.3. The molecule has 0 aromatic heterocycles. The van der Waals surface area contributed by atoms with Gasteiger partial charge in [-0.25, -0.2) is 4.39 Å². The number of aryl methyl sites for hydroxylation is 1. The van der Waals surface area contributed by atoms with Gasteiger partial charge < -0.3 is 0 Å². The van der Waals surface area contributed by atoms with Crippen LogP contribution >= 0.6 is 0 Å². The fraction of sp³-hybridized carbons (Fsp3) is 0.647. The van der Waals surface area contributed by atoms with Crippen LogP contribution in [-0.4, -0.2) is 5.67 Å². The minimum atomic E-state index is -0.971. The molecule has 0 nitrogen and oxygen atoms in total. The van der Waals surface area contributed by atoms with Gasteiger partial charge in [0, 0.05) is 0 Å². The van der Waals surface area contributed by atoms with Crippen LogP contribution in [0.25, 0.3) is 0 Å². The molecule has 1 atom stereocenters. The Bertz CT molecular complexity index is 335. The van der Waals surface area contributed by atoms with Gasteiger partial charge in [0.2, 0.25) is 0 Å². The summed E-state index contributed by atoms with van der Waals surface area (Å²) < 4.78 is 13.7. The van der Waals surface area contributed by atoms with Gasteiger partial charge in [0.25, 0.3) is 0 Å². The largest absolute Gasteiger partial charge is 0.244 e. The molecule has 1 heteroatoms. The lowest BCUT2D eigenvalue weighted by Crippen LogP contribution is -2.15. The first-order valence-electron chi connectivity index (χ1n) is 7.22. The van der Waals surface area contributed by atoms with Crippen LogP contribution in [0, 0.1) is 0 Å². The maximum Gasteiger partial charge on any atom is 0.108 e. The Kier molecular flexibility index (Phi) is 5.84. The highest BCUT2D eigenvalue weighted by Gasteiger charge is 2.18. The van der Waals surface area contributed by atoms with Crippen molar-refractivity contribution in [2.24, 2.45) is 0 Å². The Morgan fingerprint density at radius 3 is 2.22 bits per heavy atom. The van der Waals surface area contributed by atoms with Gasteiger partial charge in [-0.1, -0.05) is 45.0 Å². The summed E-state index contributed by atoms with van der Waals surface area (Å²) in [7, 11) is 0. The lowest BCUT2D eigenvalue weighted by Gasteiger charge is -2.17. The third-order valence-corrected chi connectivity index (χ3v) is 3.80. The third kappa shape index (κ3) is 5.20. The van der Waals surface area contributed by atoms with Gasteiger partial charge in [0.15, 0.2) is 0 Å². The number of halogens is 1. The molecule has 0 aliphatic carbocycles. The Morgan fingerprint density at radius 2 is 1.72 bits per heavy atom. The highest BCUT2D eigenvalue weighted by molar-refractivity contribution is 5.24. The number of rotatable bonds is 7. The van der Waals surface area contributed by atoms with Crippen molar-refractivity contribution in [3.8, 4) is 0 Å². The molecule has 1 aromatic carbocycles. The molecule has 102 valence electrons. The predicted octanol–water partition coefficient (Wildman–Crippen LogP) is 5.66. The van der Waals surface area contributed by atoms with E-state index in [0.29, 0.717) is 18.8 Å². The molecule has 0 radical (unpaired) electrons.